The van der Waals surface area contributed by atoms with Crippen molar-refractivity contribution in [2.45, 2.75) is 13.5 Å². The van der Waals surface area contributed by atoms with Crippen LogP contribution in [0, 0.1) is 6.92 Å². The maximum Gasteiger partial charge on any atom is 0.153 e. The average Bonchev–Trinajstić information content (AvgIpc) is 2.38. The molecule has 2 aromatic rings. The summed E-state index contributed by atoms with van der Waals surface area (Å²) in [4.78, 5) is 17.2. The molecule has 0 fully saturated rings. The fourth-order valence-corrected chi connectivity index (χ4v) is 1.98. The van der Waals surface area contributed by atoms with Crippen LogP contribution in [0.5, 0.6) is 0 Å². The first-order valence-corrected chi connectivity index (χ1v) is 5.87. The summed E-state index contributed by atoms with van der Waals surface area (Å²) >= 11 is 0. The summed E-state index contributed by atoms with van der Waals surface area (Å²) in [5.74, 6) is 0.717. The number of nitrogens with zero attached hydrogens (tertiary/aromatic N) is 2. The van der Waals surface area contributed by atoms with Crippen LogP contribution in [0.15, 0.2) is 42.6 Å². The van der Waals surface area contributed by atoms with Gasteiger partial charge in [0.25, 0.3) is 0 Å². The molecule has 0 aliphatic heterocycles. The van der Waals surface area contributed by atoms with Gasteiger partial charge in [0.2, 0.25) is 0 Å². The maximum atomic E-state index is 11.0. The Bertz CT molecular complexity index is 552. The molecule has 0 spiro atoms. The van der Waals surface area contributed by atoms with E-state index in [2.05, 4.69) is 30.1 Å². The minimum absolute atomic E-state index is 0.618. The topological polar surface area (TPSA) is 33.2 Å². The highest BCUT2D eigenvalue weighted by atomic mass is 16.1. The van der Waals surface area contributed by atoms with Gasteiger partial charge in [0.1, 0.15) is 5.82 Å². The molecule has 0 saturated heterocycles. The van der Waals surface area contributed by atoms with Crippen molar-refractivity contribution in [2.24, 2.45) is 0 Å². The smallest absolute Gasteiger partial charge is 0.153 e. The molecule has 92 valence electrons. The van der Waals surface area contributed by atoms with E-state index in [1.807, 2.05) is 18.0 Å². The molecule has 3 heteroatoms. The van der Waals surface area contributed by atoms with Gasteiger partial charge in [-0.3, -0.25) is 4.79 Å². The van der Waals surface area contributed by atoms with Crippen molar-refractivity contribution in [3.8, 4) is 0 Å². The zero-order valence-corrected chi connectivity index (χ0v) is 10.6. The van der Waals surface area contributed by atoms with Crippen LogP contribution >= 0.6 is 0 Å². The number of hydrogen-bond acceptors (Lipinski definition) is 3. The zero-order chi connectivity index (χ0) is 13.0. The van der Waals surface area contributed by atoms with Crippen LogP contribution in [-0.2, 0) is 6.54 Å². The minimum Gasteiger partial charge on any atom is -0.355 e. The fourth-order valence-electron chi connectivity index (χ4n) is 1.98. The van der Waals surface area contributed by atoms with Crippen molar-refractivity contribution < 1.29 is 4.79 Å². The van der Waals surface area contributed by atoms with Gasteiger partial charge < -0.3 is 4.90 Å². The van der Waals surface area contributed by atoms with Gasteiger partial charge in [-0.15, -0.1) is 0 Å². The Morgan fingerprint density at radius 1 is 1.28 bits per heavy atom. The number of hydrogen-bond donors (Lipinski definition) is 0. The average molecular weight is 240 g/mol. The van der Waals surface area contributed by atoms with Gasteiger partial charge in [0.05, 0.1) is 5.56 Å². The molecule has 1 heterocycles. The third kappa shape index (κ3) is 2.74. The molecule has 1 aromatic carbocycles. The summed E-state index contributed by atoms with van der Waals surface area (Å²) in [6.07, 6.45) is 2.55. The summed E-state index contributed by atoms with van der Waals surface area (Å²) in [5, 5.41) is 0. The Balaban J connectivity index is 2.21. The molecule has 0 N–H and O–H groups in total. The third-order valence-electron chi connectivity index (χ3n) is 2.81. The SMILES string of the molecule is Cc1cccc(CN(C)c2ncccc2C=O)c1. The fraction of sp³-hybridized carbons (Fsp3) is 0.200. The number of rotatable bonds is 4. The molecule has 1 aromatic heterocycles. The second-order valence-corrected chi connectivity index (χ2v) is 4.38. The molecule has 2 rings (SSSR count). The highest BCUT2D eigenvalue weighted by Crippen LogP contribution is 2.16. The highest BCUT2D eigenvalue weighted by Gasteiger charge is 2.08. The first kappa shape index (κ1) is 12.3. The molecule has 0 radical (unpaired) electrons. The lowest BCUT2D eigenvalue weighted by Gasteiger charge is -2.19. The molecular formula is C15H16N2O. The van der Waals surface area contributed by atoms with Gasteiger partial charge in [-0.1, -0.05) is 29.8 Å². The van der Waals surface area contributed by atoms with E-state index in [0.29, 0.717) is 11.4 Å². The van der Waals surface area contributed by atoms with Gasteiger partial charge in [0.15, 0.2) is 6.29 Å². The Labute approximate surface area is 107 Å². The van der Waals surface area contributed by atoms with E-state index >= 15 is 0 Å². The normalized spacial score (nSPS) is 10.1. The summed E-state index contributed by atoms with van der Waals surface area (Å²) < 4.78 is 0. The molecule has 3 nitrogen and oxygen atoms in total. The molecule has 0 aliphatic rings. The number of aryl methyl sites for hydroxylation is 1. The Morgan fingerprint density at radius 2 is 2.11 bits per heavy atom. The van der Waals surface area contributed by atoms with E-state index in [-0.39, 0.29) is 0 Å². The van der Waals surface area contributed by atoms with Crippen molar-refractivity contribution >= 4 is 12.1 Å². The van der Waals surface area contributed by atoms with Crippen molar-refractivity contribution in [3.05, 3.63) is 59.3 Å². The van der Waals surface area contributed by atoms with E-state index in [1.165, 1.54) is 11.1 Å². The van der Waals surface area contributed by atoms with Crippen molar-refractivity contribution in [3.63, 3.8) is 0 Å². The van der Waals surface area contributed by atoms with Crippen LogP contribution in [0.1, 0.15) is 21.5 Å². The van der Waals surface area contributed by atoms with Crippen molar-refractivity contribution in [1.29, 1.82) is 0 Å². The molecule has 0 unspecified atom stereocenters. The number of anilines is 1. The Kier molecular flexibility index (Phi) is 3.72. The standard InChI is InChI=1S/C15H16N2O/c1-12-5-3-6-13(9-12)10-17(2)15-14(11-18)7-4-8-16-15/h3-9,11H,10H2,1-2H3. The lowest BCUT2D eigenvalue weighted by molar-refractivity contribution is 0.112. The number of pyridine rings is 1. The predicted molar refractivity (Wildman–Crippen MR) is 72.9 cm³/mol. The largest absolute Gasteiger partial charge is 0.355 e. The van der Waals surface area contributed by atoms with Gasteiger partial charge in [0, 0.05) is 19.8 Å². The highest BCUT2D eigenvalue weighted by molar-refractivity contribution is 5.82. The summed E-state index contributed by atoms with van der Waals surface area (Å²) in [5.41, 5.74) is 3.06. The lowest BCUT2D eigenvalue weighted by Crippen LogP contribution is -2.19. The van der Waals surface area contributed by atoms with Gasteiger partial charge in [-0.2, -0.15) is 0 Å². The Hall–Kier alpha value is -2.16. The van der Waals surface area contributed by atoms with E-state index in [1.54, 1.807) is 18.3 Å². The molecule has 0 amide bonds. The van der Waals surface area contributed by atoms with Crippen LogP contribution in [0.2, 0.25) is 0 Å². The maximum absolute atomic E-state index is 11.0. The first-order chi connectivity index (χ1) is 8.70. The van der Waals surface area contributed by atoms with Crippen LogP contribution < -0.4 is 4.90 Å². The van der Waals surface area contributed by atoms with Crippen LogP contribution in [0.3, 0.4) is 0 Å². The van der Waals surface area contributed by atoms with E-state index in [0.717, 1.165) is 12.8 Å². The molecule has 0 aliphatic carbocycles. The molecule has 0 saturated carbocycles. The Morgan fingerprint density at radius 3 is 2.83 bits per heavy atom. The van der Waals surface area contributed by atoms with E-state index in [9.17, 15) is 4.79 Å². The van der Waals surface area contributed by atoms with Gasteiger partial charge >= 0.3 is 0 Å². The molecule has 18 heavy (non-hydrogen) atoms. The summed E-state index contributed by atoms with van der Waals surface area (Å²) in [6.45, 7) is 2.81. The monoisotopic (exact) mass is 240 g/mol. The second-order valence-electron chi connectivity index (χ2n) is 4.38. The van der Waals surface area contributed by atoms with Crippen molar-refractivity contribution in [2.75, 3.05) is 11.9 Å². The third-order valence-corrected chi connectivity index (χ3v) is 2.81. The van der Waals surface area contributed by atoms with Crippen LogP contribution in [0.4, 0.5) is 5.82 Å². The number of aldehydes is 1. The van der Waals surface area contributed by atoms with Gasteiger partial charge in [-0.05, 0) is 24.6 Å². The predicted octanol–water partition coefficient (Wildman–Crippen LogP) is 2.84. The minimum atomic E-state index is 0.618. The lowest BCUT2D eigenvalue weighted by atomic mass is 10.1. The van der Waals surface area contributed by atoms with Gasteiger partial charge in [-0.25, -0.2) is 4.98 Å². The molecule has 0 bridgehead atoms. The molecule has 0 atom stereocenters. The number of aromatic nitrogens is 1. The second kappa shape index (κ2) is 5.45. The molecular weight excluding hydrogens is 224 g/mol. The summed E-state index contributed by atoms with van der Waals surface area (Å²) in [7, 11) is 1.94. The van der Waals surface area contributed by atoms with Crippen LogP contribution in [-0.4, -0.2) is 18.3 Å². The van der Waals surface area contributed by atoms with E-state index in [4.69, 9.17) is 0 Å². The number of carbonyl (C=O) groups is 1. The zero-order valence-electron chi connectivity index (χ0n) is 10.6. The number of benzene rings is 1. The van der Waals surface area contributed by atoms with Crippen LogP contribution in [0.25, 0.3) is 0 Å². The van der Waals surface area contributed by atoms with E-state index < -0.39 is 0 Å². The summed E-state index contributed by atoms with van der Waals surface area (Å²) in [6, 6.07) is 11.9. The quantitative estimate of drug-likeness (QED) is 0.770. The first-order valence-electron chi connectivity index (χ1n) is 5.87. The number of carbonyl (C=O) groups excluding carboxylic acids is 1. The van der Waals surface area contributed by atoms with Crippen molar-refractivity contribution in [1.82, 2.24) is 4.98 Å².